The van der Waals surface area contributed by atoms with Gasteiger partial charge in [-0.2, -0.15) is 0 Å². The summed E-state index contributed by atoms with van der Waals surface area (Å²) < 4.78 is 21.4. The number of hydrogen-bond acceptors (Lipinski definition) is 9. The van der Waals surface area contributed by atoms with E-state index in [0.717, 1.165) is 16.7 Å². The number of halogens is 1. The molecule has 3 heterocycles. The smallest absolute Gasteiger partial charge is 0.467 e. The van der Waals surface area contributed by atoms with Crippen molar-refractivity contribution in [2.45, 2.75) is 57.8 Å². The minimum absolute atomic E-state index is 0.167. The van der Waals surface area contributed by atoms with Crippen LogP contribution < -0.4 is 10.3 Å². The Bertz CT molecular complexity index is 1180. The lowest BCUT2D eigenvalue weighted by molar-refractivity contribution is -0.789. The van der Waals surface area contributed by atoms with E-state index < -0.39 is 18.2 Å². The van der Waals surface area contributed by atoms with Crippen LogP contribution in [-0.4, -0.2) is 60.0 Å². The summed E-state index contributed by atoms with van der Waals surface area (Å²) >= 11 is 6.00. The number of hydrazine groups is 2. The van der Waals surface area contributed by atoms with Crippen molar-refractivity contribution in [2.75, 3.05) is 26.9 Å². The minimum atomic E-state index is -0.811. The van der Waals surface area contributed by atoms with Crippen molar-refractivity contribution in [3.8, 4) is 5.75 Å². The van der Waals surface area contributed by atoms with Crippen molar-refractivity contribution in [3.63, 3.8) is 0 Å². The van der Waals surface area contributed by atoms with Crippen LogP contribution in [0.2, 0.25) is 5.02 Å². The molecular weight excluding hydrogens is 532 g/mol. The molecule has 39 heavy (non-hydrogen) atoms. The van der Waals surface area contributed by atoms with E-state index in [1.165, 1.54) is 12.1 Å². The molecule has 2 atom stereocenters. The number of benzene rings is 1. The predicted molar refractivity (Wildman–Crippen MR) is 137 cm³/mol. The summed E-state index contributed by atoms with van der Waals surface area (Å²) in [4.78, 5) is 46.2. The number of unbranched alkanes of at least 4 members (excludes halogenated alkanes) is 2. The zero-order chi connectivity index (χ0) is 27.8. The molecule has 4 rings (SSSR count). The van der Waals surface area contributed by atoms with Gasteiger partial charge in [-0.3, -0.25) is 4.98 Å². The number of nitrogens with zero attached hydrogens (tertiary/aromatic N) is 3. The summed E-state index contributed by atoms with van der Waals surface area (Å²) in [7, 11) is 1.29. The Labute approximate surface area is 230 Å². The van der Waals surface area contributed by atoms with Gasteiger partial charge in [-0.25, -0.2) is 14.4 Å². The summed E-state index contributed by atoms with van der Waals surface area (Å²) in [6, 6.07) is 6.76. The molecule has 2 aromatic rings. The molecule has 0 unspecified atom stereocenters. The number of carbonyl (C=O) groups is 2. The fourth-order valence-corrected chi connectivity index (χ4v) is 4.68. The van der Waals surface area contributed by atoms with Crippen molar-refractivity contribution in [1.29, 1.82) is 0 Å². The van der Waals surface area contributed by atoms with Crippen LogP contribution in [0.25, 0.3) is 0 Å². The van der Waals surface area contributed by atoms with Gasteiger partial charge in [-0.05, 0) is 56.7 Å². The molecule has 210 valence electrons. The lowest BCUT2D eigenvalue weighted by Gasteiger charge is -2.14. The molecule has 0 bridgehead atoms. The third-order valence-electron chi connectivity index (χ3n) is 6.57. The van der Waals surface area contributed by atoms with E-state index in [-0.39, 0.29) is 25.9 Å². The molecule has 0 radical (unpaired) electrons. The van der Waals surface area contributed by atoms with Gasteiger partial charge in [-0.1, -0.05) is 28.7 Å². The Balaban J connectivity index is 1.15. The highest BCUT2D eigenvalue weighted by Crippen LogP contribution is 2.41. The molecule has 2 aliphatic heterocycles. The maximum atomic E-state index is 12.3. The molecule has 0 spiro atoms. The molecule has 1 fully saturated rings. The monoisotopic (exact) mass is 563 g/mol. The first kappa shape index (κ1) is 28.5. The minimum Gasteiger partial charge on any atom is -0.467 e. The normalized spacial score (nSPS) is 18.0. The molecular formula is C26H32ClN4O8+. The van der Waals surface area contributed by atoms with Crippen LogP contribution in [0.4, 0.5) is 4.79 Å². The van der Waals surface area contributed by atoms with E-state index in [1.807, 2.05) is 12.1 Å². The lowest BCUT2D eigenvalue weighted by atomic mass is 10.0. The number of aromatic nitrogens is 1. The van der Waals surface area contributed by atoms with Gasteiger partial charge in [0.1, 0.15) is 6.10 Å². The van der Waals surface area contributed by atoms with Crippen molar-refractivity contribution in [2.24, 2.45) is 0 Å². The van der Waals surface area contributed by atoms with Crippen molar-refractivity contribution in [3.05, 3.63) is 62.8 Å². The van der Waals surface area contributed by atoms with Crippen LogP contribution in [0.3, 0.4) is 0 Å². The molecule has 1 saturated heterocycles. The van der Waals surface area contributed by atoms with E-state index >= 15 is 0 Å². The number of methoxy groups -OCH3 is 1. The van der Waals surface area contributed by atoms with Crippen LogP contribution in [0.1, 0.15) is 60.6 Å². The Morgan fingerprint density at radius 2 is 1.97 bits per heavy atom. The van der Waals surface area contributed by atoms with Crippen LogP contribution in [0, 0.1) is 11.8 Å². The van der Waals surface area contributed by atoms with E-state index in [2.05, 4.69) is 10.6 Å². The standard InChI is InChI=1S/C26H32ClN4O8/c1-17-23(21-16-37-24(20(21)15-28-17)18-8-10-19(27)11-9-18)39-26(33)36-13-4-3-5-14-38-29-31(34)30-12-6-7-22(30)25(32)35-2/h8-11,15,22,24H,3-7,12-14,16H2,1-2H3,(H,29,34)/q+1/t22-,24-/m0/s1. The molecule has 0 saturated carbocycles. The second-order valence-corrected chi connectivity index (χ2v) is 9.60. The van der Waals surface area contributed by atoms with Gasteiger partial charge in [0, 0.05) is 27.9 Å². The average Bonchev–Trinajstić information content (AvgIpc) is 3.60. The number of ether oxygens (including phenoxy) is 4. The third-order valence-corrected chi connectivity index (χ3v) is 6.82. The highest BCUT2D eigenvalue weighted by atomic mass is 35.5. The van der Waals surface area contributed by atoms with Gasteiger partial charge < -0.3 is 18.9 Å². The summed E-state index contributed by atoms with van der Waals surface area (Å²) in [5, 5.41) is 1.96. The fraction of sp³-hybridized carbons (Fsp3) is 0.500. The molecule has 12 nitrogen and oxygen atoms in total. The fourth-order valence-electron chi connectivity index (χ4n) is 4.55. The first-order valence-electron chi connectivity index (χ1n) is 12.8. The van der Waals surface area contributed by atoms with E-state index in [9.17, 15) is 14.5 Å². The van der Waals surface area contributed by atoms with Crippen LogP contribution in [-0.2, 0) is 30.4 Å². The summed E-state index contributed by atoms with van der Waals surface area (Å²) in [5.41, 5.74) is 5.38. The molecule has 13 heteroatoms. The Hall–Kier alpha value is -3.48. The number of nitroso groups, excluding NO2 is 1. The van der Waals surface area contributed by atoms with Gasteiger partial charge >= 0.3 is 12.1 Å². The molecule has 1 N–H and O–H groups in total. The van der Waals surface area contributed by atoms with Gasteiger partial charge in [-0.15, -0.1) is 0 Å². The highest BCUT2D eigenvalue weighted by Gasteiger charge is 2.41. The summed E-state index contributed by atoms with van der Waals surface area (Å²) in [6.07, 6.45) is 3.77. The zero-order valence-electron chi connectivity index (χ0n) is 21.9. The van der Waals surface area contributed by atoms with Crippen LogP contribution in [0.5, 0.6) is 5.75 Å². The molecule has 1 aromatic carbocycles. The number of hydrogen-bond donors (Lipinski definition) is 1. The molecule has 0 aliphatic carbocycles. The number of aryl methyl sites for hydroxylation is 1. The average molecular weight is 564 g/mol. The number of nitrogens with one attached hydrogen (secondary N) is 1. The number of esters is 1. The molecule has 0 amide bonds. The zero-order valence-corrected chi connectivity index (χ0v) is 22.6. The SMILES string of the molecule is COC(=O)[C@@H]1CCCN1[N+](=O)NOCCCCCOC(=O)Oc1c(C)ncc2c1CO[C@H]2c1ccc(Cl)cc1. The molecule has 1 aromatic heterocycles. The number of rotatable bonds is 12. The Morgan fingerprint density at radius 3 is 2.74 bits per heavy atom. The van der Waals surface area contributed by atoms with Crippen LogP contribution in [0.15, 0.2) is 30.5 Å². The van der Waals surface area contributed by atoms with Gasteiger partial charge in [0.15, 0.2) is 11.8 Å². The third kappa shape index (κ3) is 7.14. The van der Waals surface area contributed by atoms with Gasteiger partial charge in [0.25, 0.3) is 4.98 Å². The summed E-state index contributed by atoms with van der Waals surface area (Å²) in [6.45, 7) is 2.90. The van der Waals surface area contributed by atoms with E-state index in [0.29, 0.717) is 60.1 Å². The maximum absolute atomic E-state index is 12.3. The van der Waals surface area contributed by atoms with Gasteiger partial charge in [0.2, 0.25) is 0 Å². The second kappa shape index (κ2) is 13.5. The van der Waals surface area contributed by atoms with Crippen LogP contribution >= 0.6 is 11.6 Å². The Morgan fingerprint density at radius 1 is 1.21 bits per heavy atom. The summed E-state index contributed by atoms with van der Waals surface area (Å²) in [5.74, 6) is -0.102. The largest absolute Gasteiger partial charge is 0.513 e. The molecule has 2 aliphatic rings. The topological polar surface area (TPSA) is 129 Å². The van der Waals surface area contributed by atoms with E-state index in [4.69, 9.17) is 35.4 Å². The first-order valence-corrected chi connectivity index (χ1v) is 13.2. The quantitative estimate of drug-likeness (QED) is 0.173. The number of carbonyl (C=O) groups excluding carboxylic acids is 2. The van der Waals surface area contributed by atoms with Crippen molar-refractivity contribution >= 4 is 23.7 Å². The lowest BCUT2D eigenvalue weighted by Crippen LogP contribution is -2.48. The highest BCUT2D eigenvalue weighted by molar-refractivity contribution is 6.30. The number of fused-ring (bicyclic) bond motifs is 1. The predicted octanol–water partition coefficient (Wildman–Crippen LogP) is 4.12. The second-order valence-electron chi connectivity index (χ2n) is 9.17. The van der Waals surface area contributed by atoms with Crippen molar-refractivity contribution in [1.82, 2.24) is 15.6 Å². The first-order chi connectivity index (χ1) is 18.9. The maximum Gasteiger partial charge on any atom is 0.513 e. The van der Waals surface area contributed by atoms with Crippen molar-refractivity contribution < 1.29 is 38.4 Å². The van der Waals surface area contributed by atoms with Gasteiger partial charge in [0.05, 0.1) is 44.1 Å². The number of pyridine rings is 1. The van der Waals surface area contributed by atoms with E-state index in [1.54, 1.807) is 25.3 Å². The Kier molecular flexibility index (Phi) is 9.90.